The van der Waals surface area contributed by atoms with Gasteiger partial charge in [-0.25, -0.2) is 4.98 Å². The summed E-state index contributed by atoms with van der Waals surface area (Å²) in [5.74, 6) is -0.428. The van der Waals surface area contributed by atoms with E-state index < -0.39 is 5.97 Å². The number of carbonyl (C=O) groups excluding carboxylic acids is 1. The maximum atomic E-state index is 12.0. The third-order valence-corrected chi connectivity index (χ3v) is 3.20. The van der Waals surface area contributed by atoms with Crippen LogP contribution in [0.4, 0.5) is 0 Å². The molecule has 0 amide bonds. The Labute approximate surface area is 102 Å². The maximum Gasteiger partial charge on any atom is 0.326 e. The summed E-state index contributed by atoms with van der Waals surface area (Å²) in [5, 5.41) is 0.555. The van der Waals surface area contributed by atoms with Crippen LogP contribution >= 0.6 is 11.3 Å². The van der Waals surface area contributed by atoms with Crippen LogP contribution in [0.15, 0.2) is 17.2 Å². The van der Waals surface area contributed by atoms with Gasteiger partial charge in [-0.3, -0.25) is 14.2 Å². The van der Waals surface area contributed by atoms with E-state index in [1.54, 1.807) is 13.0 Å². The van der Waals surface area contributed by atoms with Crippen molar-refractivity contribution >= 4 is 27.5 Å². The van der Waals surface area contributed by atoms with Crippen molar-refractivity contribution in [3.63, 3.8) is 0 Å². The van der Waals surface area contributed by atoms with Gasteiger partial charge >= 0.3 is 5.97 Å². The van der Waals surface area contributed by atoms with Gasteiger partial charge in [0.1, 0.15) is 11.4 Å². The molecule has 5 nitrogen and oxygen atoms in total. The number of aromatic nitrogens is 2. The lowest BCUT2D eigenvalue weighted by Crippen LogP contribution is -2.25. The lowest BCUT2D eigenvalue weighted by Gasteiger charge is -2.04. The van der Waals surface area contributed by atoms with Gasteiger partial charge in [0.25, 0.3) is 5.56 Å². The van der Waals surface area contributed by atoms with Crippen molar-refractivity contribution in [3.8, 4) is 0 Å². The van der Waals surface area contributed by atoms with E-state index in [0.29, 0.717) is 16.8 Å². The summed E-state index contributed by atoms with van der Waals surface area (Å²) < 4.78 is 6.06. The predicted molar refractivity (Wildman–Crippen MR) is 65.3 cm³/mol. The van der Waals surface area contributed by atoms with Gasteiger partial charge in [-0.2, -0.15) is 0 Å². The number of rotatable bonds is 3. The summed E-state index contributed by atoms with van der Waals surface area (Å²) in [4.78, 5) is 29.2. The van der Waals surface area contributed by atoms with Crippen LogP contribution in [0.25, 0.3) is 10.2 Å². The van der Waals surface area contributed by atoms with Crippen LogP contribution in [0.2, 0.25) is 0 Å². The lowest BCUT2D eigenvalue weighted by atomic mass is 10.4. The van der Waals surface area contributed by atoms with Gasteiger partial charge in [-0.15, -0.1) is 11.3 Å². The standard InChI is InChI=1S/C11H12N2O3S/c1-3-16-9(14)5-13-6-12-10-8(11(13)15)4-7(2)17-10/h4,6H,3,5H2,1-2H3. The van der Waals surface area contributed by atoms with Crippen molar-refractivity contribution < 1.29 is 9.53 Å². The van der Waals surface area contributed by atoms with Gasteiger partial charge < -0.3 is 4.74 Å². The van der Waals surface area contributed by atoms with Crippen LogP contribution in [0, 0.1) is 6.92 Å². The van der Waals surface area contributed by atoms with Crippen LogP contribution in [-0.2, 0) is 16.1 Å². The molecule has 0 aliphatic rings. The molecule has 0 saturated heterocycles. The van der Waals surface area contributed by atoms with Crippen LogP contribution in [-0.4, -0.2) is 22.1 Å². The largest absolute Gasteiger partial charge is 0.465 e. The highest BCUT2D eigenvalue weighted by molar-refractivity contribution is 7.18. The molecule has 0 radical (unpaired) electrons. The minimum Gasteiger partial charge on any atom is -0.465 e. The van der Waals surface area contributed by atoms with Crippen LogP contribution in [0.3, 0.4) is 0 Å². The summed E-state index contributed by atoms with van der Waals surface area (Å²) in [6.07, 6.45) is 1.39. The zero-order chi connectivity index (χ0) is 12.4. The number of aryl methyl sites for hydroxylation is 1. The summed E-state index contributed by atoms with van der Waals surface area (Å²) in [6.45, 7) is 3.86. The molecule has 2 aromatic rings. The monoisotopic (exact) mass is 252 g/mol. The first kappa shape index (κ1) is 11.8. The van der Waals surface area contributed by atoms with Gasteiger partial charge in [0.05, 0.1) is 18.3 Å². The highest BCUT2D eigenvalue weighted by atomic mass is 32.1. The molecule has 0 saturated carbocycles. The highest BCUT2D eigenvalue weighted by Gasteiger charge is 2.10. The van der Waals surface area contributed by atoms with Crippen LogP contribution < -0.4 is 5.56 Å². The number of fused-ring (bicyclic) bond motifs is 1. The fourth-order valence-electron chi connectivity index (χ4n) is 1.54. The van der Waals surface area contributed by atoms with Crippen molar-refractivity contribution in [1.29, 1.82) is 0 Å². The number of esters is 1. The number of nitrogens with zero attached hydrogens (tertiary/aromatic N) is 2. The van der Waals surface area contributed by atoms with E-state index in [-0.39, 0.29) is 12.1 Å². The molecule has 2 rings (SSSR count). The Balaban J connectivity index is 2.39. The van der Waals surface area contributed by atoms with Crippen molar-refractivity contribution in [2.75, 3.05) is 6.61 Å². The van der Waals surface area contributed by atoms with Gasteiger partial charge in [0.2, 0.25) is 0 Å². The molecule has 0 spiro atoms. The number of hydrogen-bond acceptors (Lipinski definition) is 5. The average molecular weight is 252 g/mol. The molecular formula is C11H12N2O3S. The fourth-order valence-corrected chi connectivity index (χ4v) is 2.38. The third-order valence-electron chi connectivity index (χ3n) is 2.25. The third kappa shape index (κ3) is 2.36. The SMILES string of the molecule is CCOC(=O)Cn1cnc2sc(C)cc2c1=O. The van der Waals surface area contributed by atoms with Crippen LogP contribution in [0.1, 0.15) is 11.8 Å². The summed E-state index contributed by atoms with van der Waals surface area (Å²) in [5.41, 5.74) is -0.201. The Bertz CT molecular complexity index is 615. The maximum absolute atomic E-state index is 12.0. The number of ether oxygens (including phenoxy) is 1. The first-order valence-corrected chi connectivity index (χ1v) is 6.04. The number of thiophene rings is 1. The molecular weight excluding hydrogens is 240 g/mol. The van der Waals surface area contributed by atoms with Gasteiger partial charge in [0.15, 0.2) is 0 Å². The molecule has 0 aliphatic heterocycles. The Morgan fingerprint density at radius 3 is 3.06 bits per heavy atom. The molecule has 6 heteroatoms. The molecule has 2 aromatic heterocycles. The van der Waals surface area contributed by atoms with Crippen molar-refractivity contribution in [2.24, 2.45) is 0 Å². The zero-order valence-corrected chi connectivity index (χ0v) is 10.4. The molecule has 0 N–H and O–H groups in total. The highest BCUT2D eigenvalue weighted by Crippen LogP contribution is 2.19. The predicted octanol–water partition coefficient (Wildman–Crippen LogP) is 1.33. The van der Waals surface area contributed by atoms with E-state index in [2.05, 4.69) is 4.98 Å². The van der Waals surface area contributed by atoms with Crippen molar-refractivity contribution in [1.82, 2.24) is 9.55 Å². The molecule has 2 heterocycles. The normalized spacial score (nSPS) is 10.7. The van der Waals surface area contributed by atoms with E-state index in [9.17, 15) is 9.59 Å². The van der Waals surface area contributed by atoms with Gasteiger partial charge in [-0.05, 0) is 19.9 Å². The fraction of sp³-hybridized carbons (Fsp3) is 0.364. The summed E-state index contributed by atoms with van der Waals surface area (Å²) in [6, 6.07) is 1.79. The molecule has 0 fully saturated rings. The molecule has 0 bridgehead atoms. The Kier molecular flexibility index (Phi) is 3.23. The second-order valence-corrected chi connectivity index (χ2v) is 4.79. The van der Waals surface area contributed by atoms with E-state index in [1.165, 1.54) is 22.2 Å². The Hall–Kier alpha value is -1.69. The Morgan fingerprint density at radius 2 is 2.35 bits per heavy atom. The summed E-state index contributed by atoms with van der Waals surface area (Å²) >= 11 is 1.46. The van der Waals surface area contributed by atoms with Gasteiger partial charge in [-0.1, -0.05) is 0 Å². The quantitative estimate of drug-likeness (QED) is 0.773. The average Bonchev–Trinajstić information content (AvgIpc) is 2.64. The lowest BCUT2D eigenvalue weighted by molar-refractivity contribution is -0.143. The molecule has 0 aromatic carbocycles. The number of hydrogen-bond donors (Lipinski definition) is 0. The molecule has 17 heavy (non-hydrogen) atoms. The van der Waals surface area contributed by atoms with Gasteiger partial charge in [0, 0.05) is 4.88 Å². The smallest absolute Gasteiger partial charge is 0.326 e. The van der Waals surface area contributed by atoms with E-state index in [4.69, 9.17) is 4.74 Å². The van der Waals surface area contributed by atoms with Crippen molar-refractivity contribution in [3.05, 3.63) is 27.6 Å². The molecule has 0 atom stereocenters. The topological polar surface area (TPSA) is 61.2 Å². The first-order chi connectivity index (χ1) is 8.11. The van der Waals surface area contributed by atoms with E-state index in [1.807, 2.05) is 6.92 Å². The second kappa shape index (κ2) is 4.67. The second-order valence-electron chi connectivity index (χ2n) is 3.56. The summed E-state index contributed by atoms with van der Waals surface area (Å²) in [7, 11) is 0. The molecule has 0 unspecified atom stereocenters. The number of carbonyl (C=O) groups is 1. The Morgan fingerprint density at radius 1 is 1.59 bits per heavy atom. The van der Waals surface area contributed by atoms with E-state index in [0.717, 1.165) is 4.88 Å². The first-order valence-electron chi connectivity index (χ1n) is 5.23. The van der Waals surface area contributed by atoms with Crippen LogP contribution in [0.5, 0.6) is 0 Å². The molecule has 0 aliphatic carbocycles. The minimum absolute atomic E-state index is 0.0928. The minimum atomic E-state index is -0.428. The zero-order valence-electron chi connectivity index (χ0n) is 9.60. The van der Waals surface area contributed by atoms with E-state index >= 15 is 0 Å². The molecule has 90 valence electrons. The van der Waals surface area contributed by atoms with Crippen molar-refractivity contribution in [2.45, 2.75) is 20.4 Å².